The first-order chi connectivity index (χ1) is 10.6. The number of hydrogen-bond donors (Lipinski definition) is 1. The van der Waals surface area contributed by atoms with Crippen LogP contribution in [0.15, 0.2) is 0 Å². The van der Waals surface area contributed by atoms with Crippen LogP contribution >= 0.6 is 0 Å². The summed E-state index contributed by atoms with van der Waals surface area (Å²) in [7, 11) is -3.74. The van der Waals surface area contributed by atoms with Crippen molar-refractivity contribution in [2.75, 3.05) is 5.75 Å². The van der Waals surface area contributed by atoms with E-state index in [1.807, 2.05) is 0 Å². The first-order valence-electron chi connectivity index (χ1n) is 9.51. The second-order valence-corrected chi connectivity index (χ2v) is 8.16. The number of unbranched alkanes of at least 4 members (excludes halogenated alkanes) is 15. The first kappa shape index (κ1) is 25.9. The Labute approximate surface area is 160 Å². The van der Waals surface area contributed by atoms with E-state index < -0.39 is 10.1 Å². The van der Waals surface area contributed by atoms with Gasteiger partial charge in [-0.1, -0.05) is 103 Å². The van der Waals surface area contributed by atoms with Crippen LogP contribution in [0.3, 0.4) is 0 Å². The molecule has 0 aromatic rings. The summed E-state index contributed by atoms with van der Waals surface area (Å²) in [5.41, 5.74) is 0. The molecule has 0 aliphatic heterocycles. The van der Waals surface area contributed by atoms with Gasteiger partial charge in [0.2, 0.25) is 0 Å². The van der Waals surface area contributed by atoms with E-state index in [0.717, 1.165) is 12.8 Å². The van der Waals surface area contributed by atoms with Crippen molar-refractivity contribution in [1.29, 1.82) is 0 Å². The van der Waals surface area contributed by atoms with Crippen molar-refractivity contribution in [3.63, 3.8) is 0 Å². The maximum Gasteiger partial charge on any atom is 0.264 e. The molecular weight excluding hydrogens is 404 g/mol. The van der Waals surface area contributed by atoms with Gasteiger partial charge in [0.1, 0.15) is 0 Å². The number of rotatable bonds is 17. The largest absolute Gasteiger partial charge is 0.286 e. The van der Waals surface area contributed by atoms with Crippen LogP contribution in [-0.2, 0) is 32.5 Å². The van der Waals surface area contributed by atoms with Crippen LogP contribution < -0.4 is 0 Å². The fourth-order valence-corrected chi connectivity index (χ4v) is 3.40. The minimum Gasteiger partial charge on any atom is -0.286 e. The van der Waals surface area contributed by atoms with Crippen LogP contribution in [0.4, 0.5) is 0 Å². The summed E-state index contributed by atoms with van der Waals surface area (Å²) in [6.45, 7) is 2.26. The molecule has 0 unspecified atom stereocenters. The minimum absolute atomic E-state index is 0. The van der Waals surface area contributed by atoms with Gasteiger partial charge >= 0.3 is 0 Å². The molecule has 1 N–H and O–H groups in total. The maximum absolute atomic E-state index is 10.5. The average Bonchev–Trinajstić information content (AvgIpc) is 2.45. The average molecular weight is 442 g/mol. The van der Waals surface area contributed by atoms with E-state index in [-0.39, 0.29) is 28.1 Å². The zero-order valence-electron chi connectivity index (χ0n) is 15.0. The van der Waals surface area contributed by atoms with Gasteiger partial charge in [-0.05, 0) is 6.42 Å². The minimum atomic E-state index is -3.74. The Morgan fingerprint density at radius 3 is 1.09 bits per heavy atom. The molecule has 0 aliphatic carbocycles. The van der Waals surface area contributed by atoms with Crippen molar-refractivity contribution >= 4 is 10.1 Å². The van der Waals surface area contributed by atoms with Crippen molar-refractivity contribution < 1.29 is 35.4 Å². The van der Waals surface area contributed by atoms with Gasteiger partial charge in [0.05, 0.1) is 5.75 Å². The molecule has 0 rings (SSSR count). The fourth-order valence-electron chi connectivity index (χ4n) is 2.83. The smallest absolute Gasteiger partial charge is 0.264 e. The standard InChI is InChI=1S/C18H38O3S.Ag/c1-2-3-4-5-6-7-8-9-10-11-12-13-14-15-16-17-18-22(19,20)21;/h2-18H2,1H3,(H,19,20,21);. The molecule has 0 bridgehead atoms. The Hall–Kier alpha value is 0.650. The van der Waals surface area contributed by atoms with Gasteiger partial charge in [0, 0.05) is 22.4 Å². The molecule has 0 saturated carbocycles. The van der Waals surface area contributed by atoms with E-state index >= 15 is 0 Å². The third-order valence-electron chi connectivity index (χ3n) is 4.26. The van der Waals surface area contributed by atoms with Gasteiger partial charge in [0.15, 0.2) is 0 Å². The van der Waals surface area contributed by atoms with Crippen molar-refractivity contribution in [2.45, 2.75) is 110 Å². The first-order valence-corrected chi connectivity index (χ1v) is 11.1. The van der Waals surface area contributed by atoms with Gasteiger partial charge in [-0.25, -0.2) is 0 Å². The molecule has 0 saturated heterocycles. The Balaban J connectivity index is 0. The molecule has 0 amide bonds. The summed E-state index contributed by atoms with van der Waals surface area (Å²) in [5, 5.41) is 0. The predicted octanol–water partition coefficient (Wildman–Crippen LogP) is 6.13. The summed E-state index contributed by atoms with van der Waals surface area (Å²) in [4.78, 5) is 0. The Kier molecular flexibility index (Phi) is 21.4. The molecule has 3 nitrogen and oxygen atoms in total. The molecule has 0 aliphatic rings. The van der Waals surface area contributed by atoms with Crippen molar-refractivity contribution in [1.82, 2.24) is 0 Å². The summed E-state index contributed by atoms with van der Waals surface area (Å²) >= 11 is 0. The monoisotopic (exact) mass is 441 g/mol. The van der Waals surface area contributed by atoms with Gasteiger partial charge in [0.25, 0.3) is 10.1 Å². The zero-order chi connectivity index (χ0) is 16.5. The summed E-state index contributed by atoms with van der Waals surface area (Å²) in [6, 6.07) is 0. The molecule has 0 spiro atoms. The van der Waals surface area contributed by atoms with Crippen LogP contribution in [0.5, 0.6) is 0 Å². The van der Waals surface area contributed by atoms with Gasteiger partial charge < -0.3 is 0 Å². The summed E-state index contributed by atoms with van der Waals surface area (Å²) in [5.74, 6) is -0.0779. The van der Waals surface area contributed by atoms with Gasteiger partial charge in [-0.2, -0.15) is 8.42 Å². The second kappa shape index (κ2) is 19.0. The summed E-state index contributed by atoms with van der Waals surface area (Å²) < 4.78 is 29.7. The maximum atomic E-state index is 10.5. The molecule has 1 radical (unpaired) electrons. The molecular formula is C18H38AgO3S. The van der Waals surface area contributed by atoms with E-state index in [9.17, 15) is 8.42 Å². The Morgan fingerprint density at radius 2 is 0.826 bits per heavy atom. The third kappa shape index (κ3) is 25.0. The molecule has 145 valence electrons. The molecule has 0 heterocycles. The molecule has 5 heteroatoms. The van der Waals surface area contributed by atoms with Crippen LogP contribution in [0.2, 0.25) is 0 Å². The van der Waals surface area contributed by atoms with Crippen LogP contribution in [-0.4, -0.2) is 18.7 Å². The van der Waals surface area contributed by atoms with E-state index in [0.29, 0.717) is 6.42 Å². The fraction of sp³-hybridized carbons (Fsp3) is 1.00. The van der Waals surface area contributed by atoms with Crippen molar-refractivity contribution in [2.24, 2.45) is 0 Å². The number of hydrogen-bond acceptors (Lipinski definition) is 2. The quantitative estimate of drug-likeness (QED) is 0.167. The third-order valence-corrected chi connectivity index (χ3v) is 5.06. The van der Waals surface area contributed by atoms with Crippen molar-refractivity contribution in [3.8, 4) is 0 Å². The van der Waals surface area contributed by atoms with E-state index in [1.165, 1.54) is 83.5 Å². The van der Waals surface area contributed by atoms with Gasteiger partial charge in [-0.3, -0.25) is 4.55 Å². The Bertz CT molecular complexity index is 318. The molecule has 0 fully saturated rings. The van der Waals surface area contributed by atoms with E-state index in [2.05, 4.69) is 6.92 Å². The van der Waals surface area contributed by atoms with Gasteiger partial charge in [-0.15, -0.1) is 0 Å². The molecule has 23 heavy (non-hydrogen) atoms. The zero-order valence-corrected chi connectivity index (χ0v) is 17.3. The SMILES string of the molecule is CCCCCCCCCCCCCCCCCCS(=O)(=O)O.[Ag]. The summed E-state index contributed by atoms with van der Waals surface area (Å²) in [6.07, 6.45) is 20.3. The predicted molar refractivity (Wildman–Crippen MR) is 96.0 cm³/mol. The van der Waals surface area contributed by atoms with Crippen LogP contribution in [0.1, 0.15) is 110 Å². The molecule has 0 aromatic carbocycles. The van der Waals surface area contributed by atoms with Crippen molar-refractivity contribution in [3.05, 3.63) is 0 Å². The normalized spacial score (nSPS) is 11.4. The van der Waals surface area contributed by atoms with Crippen LogP contribution in [0, 0.1) is 0 Å². The van der Waals surface area contributed by atoms with E-state index in [4.69, 9.17) is 4.55 Å². The van der Waals surface area contributed by atoms with E-state index in [1.54, 1.807) is 0 Å². The second-order valence-electron chi connectivity index (χ2n) is 6.59. The topological polar surface area (TPSA) is 54.4 Å². The molecule has 0 aromatic heterocycles. The molecule has 0 atom stereocenters. The van der Waals surface area contributed by atoms with Crippen LogP contribution in [0.25, 0.3) is 0 Å². The Morgan fingerprint density at radius 1 is 0.565 bits per heavy atom.